The largest absolute Gasteiger partial charge is 0.493 e. The summed E-state index contributed by atoms with van der Waals surface area (Å²) in [4.78, 5) is 24.4. The van der Waals surface area contributed by atoms with E-state index in [0.29, 0.717) is 42.2 Å². The van der Waals surface area contributed by atoms with Gasteiger partial charge in [0.25, 0.3) is 5.91 Å². The zero-order valence-corrected chi connectivity index (χ0v) is 18.2. The molecule has 1 fully saturated rings. The van der Waals surface area contributed by atoms with Crippen molar-refractivity contribution in [2.24, 2.45) is 5.41 Å². The molecule has 1 N–H and O–H groups in total. The molecule has 1 amide bonds. The maximum atomic E-state index is 12.5. The van der Waals surface area contributed by atoms with Crippen LogP contribution in [0.5, 0.6) is 17.2 Å². The Bertz CT molecular complexity index is 1030. The van der Waals surface area contributed by atoms with Crippen LogP contribution in [-0.2, 0) is 16.1 Å². The summed E-state index contributed by atoms with van der Waals surface area (Å²) >= 11 is 0. The highest BCUT2D eigenvalue weighted by Gasteiger charge is 2.52. The number of amides is 1. The van der Waals surface area contributed by atoms with Gasteiger partial charge in [-0.1, -0.05) is 6.07 Å². The summed E-state index contributed by atoms with van der Waals surface area (Å²) in [7, 11) is 3.07. The van der Waals surface area contributed by atoms with Crippen LogP contribution in [-0.4, -0.2) is 46.0 Å². The number of nitrogens with one attached hydrogen (secondary N) is 1. The highest BCUT2D eigenvalue weighted by Crippen LogP contribution is 2.50. The number of carbonyl (C=O) groups is 2. The molecule has 4 rings (SSSR count). The summed E-state index contributed by atoms with van der Waals surface area (Å²) in [5.41, 5.74) is 2.45. The molecule has 2 aromatic rings. The van der Waals surface area contributed by atoms with Crippen molar-refractivity contribution in [3.8, 4) is 28.4 Å². The number of ether oxygens (including phenoxy) is 4. The second kappa shape index (κ2) is 9.06. The van der Waals surface area contributed by atoms with Gasteiger partial charge in [-0.3, -0.25) is 14.0 Å². The van der Waals surface area contributed by atoms with Gasteiger partial charge in [0.1, 0.15) is 12.0 Å². The molecule has 8 heteroatoms. The Balaban J connectivity index is 1.63. The van der Waals surface area contributed by atoms with E-state index in [0.717, 1.165) is 16.7 Å². The lowest BCUT2D eigenvalue weighted by molar-refractivity contribution is -0.151. The van der Waals surface area contributed by atoms with Crippen LogP contribution < -0.4 is 19.5 Å². The van der Waals surface area contributed by atoms with Gasteiger partial charge in [0.15, 0.2) is 11.5 Å². The van der Waals surface area contributed by atoms with E-state index in [1.165, 1.54) is 7.11 Å². The van der Waals surface area contributed by atoms with Gasteiger partial charge in [-0.2, -0.15) is 0 Å². The summed E-state index contributed by atoms with van der Waals surface area (Å²) in [5, 5.41) is 2.82. The van der Waals surface area contributed by atoms with Gasteiger partial charge in [-0.15, -0.1) is 0 Å². The molecule has 0 saturated heterocycles. The summed E-state index contributed by atoms with van der Waals surface area (Å²) in [6.07, 6.45) is 1.48. The average Bonchev–Trinajstić information content (AvgIpc) is 3.53. The van der Waals surface area contributed by atoms with E-state index in [-0.39, 0.29) is 31.5 Å². The maximum absolute atomic E-state index is 12.5. The van der Waals surface area contributed by atoms with E-state index >= 15 is 0 Å². The van der Waals surface area contributed by atoms with Crippen molar-refractivity contribution in [2.45, 2.75) is 25.8 Å². The van der Waals surface area contributed by atoms with E-state index < -0.39 is 12.1 Å². The van der Waals surface area contributed by atoms with Crippen molar-refractivity contribution < 1.29 is 32.9 Å². The van der Waals surface area contributed by atoms with Crippen LogP contribution in [0.3, 0.4) is 0 Å². The first-order chi connectivity index (χ1) is 15.5. The fraction of sp³-hybridized carbons (Fsp3) is 0.417. The van der Waals surface area contributed by atoms with Crippen LogP contribution in [0.2, 0.25) is 0 Å². The third kappa shape index (κ3) is 4.09. The van der Waals surface area contributed by atoms with E-state index in [9.17, 15) is 14.0 Å². The number of fused-ring (bicyclic) bond motifs is 1. The predicted molar refractivity (Wildman–Crippen MR) is 115 cm³/mol. The SMILES string of the molecule is COc1ccc(-c2ccc3c(c2)CNC3=O)c(OCC2(C(=O)OCCCF)CC2)c1OC. The number of hydrogen-bond donors (Lipinski definition) is 1. The Morgan fingerprint density at radius 1 is 1.09 bits per heavy atom. The number of carbonyl (C=O) groups excluding carboxylic acids is 2. The van der Waals surface area contributed by atoms with E-state index in [4.69, 9.17) is 18.9 Å². The van der Waals surface area contributed by atoms with Gasteiger partial charge in [0.05, 0.1) is 27.5 Å². The number of esters is 1. The Morgan fingerprint density at radius 2 is 1.88 bits per heavy atom. The molecule has 170 valence electrons. The highest BCUT2D eigenvalue weighted by atomic mass is 19.1. The van der Waals surface area contributed by atoms with E-state index in [1.807, 2.05) is 18.2 Å². The monoisotopic (exact) mass is 443 g/mol. The normalized spacial score (nSPS) is 15.5. The van der Waals surface area contributed by atoms with Crippen molar-refractivity contribution in [2.75, 3.05) is 34.1 Å². The molecule has 2 aromatic carbocycles. The Kier molecular flexibility index (Phi) is 6.21. The van der Waals surface area contributed by atoms with Crippen LogP contribution in [0.25, 0.3) is 11.1 Å². The number of hydrogen-bond acceptors (Lipinski definition) is 6. The first-order valence-electron chi connectivity index (χ1n) is 10.6. The van der Waals surface area contributed by atoms with Gasteiger partial charge in [0.2, 0.25) is 5.75 Å². The number of alkyl halides is 1. The van der Waals surface area contributed by atoms with Crippen LogP contribution in [0.1, 0.15) is 35.2 Å². The van der Waals surface area contributed by atoms with Gasteiger partial charge < -0.3 is 24.3 Å². The molecule has 7 nitrogen and oxygen atoms in total. The van der Waals surface area contributed by atoms with Gasteiger partial charge in [-0.05, 0) is 48.2 Å². The van der Waals surface area contributed by atoms with Crippen LogP contribution in [0, 0.1) is 5.41 Å². The molecule has 32 heavy (non-hydrogen) atoms. The van der Waals surface area contributed by atoms with Crippen molar-refractivity contribution in [1.29, 1.82) is 0 Å². The molecule has 2 aliphatic rings. The molecular weight excluding hydrogens is 417 g/mol. The predicted octanol–water partition coefficient (Wildman–Crippen LogP) is 3.68. The molecule has 0 aromatic heterocycles. The molecule has 0 atom stereocenters. The van der Waals surface area contributed by atoms with Crippen molar-refractivity contribution >= 4 is 11.9 Å². The van der Waals surface area contributed by atoms with Crippen molar-refractivity contribution in [3.63, 3.8) is 0 Å². The van der Waals surface area contributed by atoms with E-state index in [2.05, 4.69) is 5.32 Å². The molecule has 0 radical (unpaired) electrons. The second-order valence-electron chi connectivity index (χ2n) is 7.98. The standard InChI is InChI=1S/C24H26FNO6/c1-29-19-7-6-17(15-4-5-18-16(12-15)13-26-22(18)27)20(21(19)30-2)32-14-24(8-9-24)23(28)31-11-3-10-25/h4-7,12H,3,8-11,13-14H2,1-2H3,(H,26,27). The van der Waals surface area contributed by atoms with Crippen LogP contribution in [0.15, 0.2) is 30.3 Å². The Hall–Kier alpha value is -3.29. The summed E-state index contributed by atoms with van der Waals surface area (Å²) in [5.74, 6) is 0.918. The molecule has 0 bridgehead atoms. The van der Waals surface area contributed by atoms with E-state index in [1.54, 1.807) is 19.2 Å². The average molecular weight is 443 g/mol. The second-order valence-corrected chi connectivity index (χ2v) is 7.98. The lowest BCUT2D eigenvalue weighted by Crippen LogP contribution is -2.26. The van der Waals surface area contributed by atoms with Crippen LogP contribution in [0.4, 0.5) is 4.39 Å². The highest BCUT2D eigenvalue weighted by molar-refractivity contribution is 5.99. The van der Waals surface area contributed by atoms with Gasteiger partial charge >= 0.3 is 5.97 Å². The lowest BCUT2D eigenvalue weighted by Gasteiger charge is -2.21. The molecular formula is C24H26FNO6. The molecule has 1 heterocycles. The topological polar surface area (TPSA) is 83.1 Å². The molecule has 0 spiro atoms. The maximum Gasteiger partial charge on any atom is 0.315 e. The van der Waals surface area contributed by atoms with Crippen LogP contribution >= 0.6 is 0 Å². The summed E-state index contributed by atoms with van der Waals surface area (Å²) in [6, 6.07) is 9.24. The Morgan fingerprint density at radius 3 is 2.56 bits per heavy atom. The summed E-state index contributed by atoms with van der Waals surface area (Å²) in [6.45, 7) is 0.123. The Labute approximate surface area is 185 Å². The smallest absolute Gasteiger partial charge is 0.315 e. The minimum Gasteiger partial charge on any atom is -0.493 e. The number of rotatable bonds is 10. The first-order valence-corrected chi connectivity index (χ1v) is 10.6. The minimum absolute atomic E-state index is 0.0622. The molecule has 0 unspecified atom stereocenters. The minimum atomic E-state index is -0.726. The number of benzene rings is 2. The fourth-order valence-electron chi connectivity index (χ4n) is 3.81. The zero-order chi connectivity index (χ0) is 22.7. The molecule has 1 aliphatic heterocycles. The lowest BCUT2D eigenvalue weighted by atomic mass is 9.99. The first kappa shape index (κ1) is 21.9. The fourth-order valence-corrected chi connectivity index (χ4v) is 3.81. The third-order valence-corrected chi connectivity index (χ3v) is 5.89. The number of halogens is 1. The third-order valence-electron chi connectivity index (χ3n) is 5.89. The molecule has 1 aliphatic carbocycles. The van der Waals surface area contributed by atoms with Gasteiger partial charge in [0, 0.05) is 24.1 Å². The number of methoxy groups -OCH3 is 2. The summed E-state index contributed by atoms with van der Waals surface area (Å²) < 4.78 is 34.8. The van der Waals surface area contributed by atoms with Gasteiger partial charge in [-0.25, -0.2) is 0 Å². The van der Waals surface area contributed by atoms with Crippen molar-refractivity contribution in [3.05, 3.63) is 41.5 Å². The van der Waals surface area contributed by atoms with Crippen molar-refractivity contribution in [1.82, 2.24) is 5.32 Å². The quantitative estimate of drug-likeness (QED) is 0.446. The zero-order valence-electron chi connectivity index (χ0n) is 18.2. The molecule has 1 saturated carbocycles.